The van der Waals surface area contributed by atoms with Crippen molar-refractivity contribution in [3.8, 4) is 17.1 Å². The monoisotopic (exact) mass is 254 g/mol. The third-order valence-corrected chi connectivity index (χ3v) is 2.61. The zero-order valence-electron chi connectivity index (χ0n) is 7.07. The zero-order chi connectivity index (χ0) is 10.1. The molecule has 1 aromatic heterocycles. The fourth-order valence-electron chi connectivity index (χ4n) is 1.13. The van der Waals surface area contributed by atoms with E-state index in [-0.39, 0.29) is 5.75 Å². The molecule has 0 amide bonds. The van der Waals surface area contributed by atoms with Crippen LogP contribution in [-0.2, 0) is 0 Å². The molecular weight excluding hydrogens is 248 g/mol. The van der Waals surface area contributed by atoms with E-state index >= 15 is 0 Å². The molecule has 0 fully saturated rings. The first-order valence-corrected chi connectivity index (χ1v) is 4.68. The maximum absolute atomic E-state index is 9.43. The molecule has 0 bridgehead atoms. The van der Waals surface area contributed by atoms with Gasteiger partial charge in [0.05, 0.1) is 4.47 Å². The van der Waals surface area contributed by atoms with Crippen molar-refractivity contribution in [3.05, 3.63) is 28.7 Å². The van der Waals surface area contributed by atoms with Gasteiger partial charge in [-0.3, -0.25) is 0 Å². The van der Waals surface area contributed by atoms with Crippen molar-refractivity contribution in [1.29, 1.82) is 0 Å². The highest BCUT2D eigenvalue weighted by atomic mass is 79.9. The lowest BCUT2D eigenvalue weighted by Gasteiger charge is -2.00. The number of hydrogen-bond donors (Lipinski definition) is 2. The van der Waals surface area contributed by atoms with Gasteiger partial charge in [-0.25, -0.2) is 0 Å². The van der Waals surface area contributed by atoms with Gasteiger partial charge in [0.1, 0.15) is 5.75 Å². The van der Waals surface area contributed by atoms with E-state index in [1.54, 1.807) is 24.3 Å². The molecule has 0 aliphatic rings. The second-order valence-corrected chi connectivity index (χ2v) is 3.55. The molecule has 1 aromatic carbocycles. The first kappa shape index (κ1) is 9.08. The minimum absolute atomic E-state index is 0.150. The molecule has 0 aliphatic carbocycles. The number of hydrogen-bond acceptors (Lipinski definition) is 4. The Bertz CT molecular complexity index is 468. The Kier molecular flexibility index (Phi) is 2.17. The van der Waals surface area contributed by atoms with Crippen LogP contribution in [0.15, 0.2) is 33.3 Å². The molecule has 3 N–H and O–H groups in total. The number of halogens is 1. The van der Waals surface area contributed by atoms with E-state index < -0.39 is 0 Å². The lowest BCUT2D eigenvalue weighted by Crippen LogP contribution is -1.80. The average molecular weight is 255 g/mol. The van der Waals surface area contributed by atoms with E-state index in [0.29, 0.717) is 21.6 Å². The van der Waals surface area contributed by atoms with Gasteiger partial charge in [-0.1, -0.05) is 11.2 Å². The summed E-state index contributed by atoms with van der Waals surface area (Å²) in [6.45, 7) is 0. The number of phenolic OH excluding ortho intramolecular Hbond substituents is 1. The molecule has 1 heterocycles. The third-order valence-electron chi connectivity index (χ3n) is 1.77. The first-order chi connectivity index (χ1) is 6.68. The van der Waals surface area contributed by atoms with Crippen LogP contribution in [0.1, 0.15) is 0 Å². The quantitative estimate of drug-likeness (QED) is 0.820. The summed E-state index contributed by atoms with van der Waals surface area (Å²) in [4.78, 5) is 0. The topological polar surface area (TPSA) is 72.3 Å². The van der Waals surface area contributed by atoms with E-state index in [0.717, 1.165) is 0 Å². The highest BCUT2D eigenvalue weighted by Gasteiger charge is 2.10. The van der Waals surface area contributed by atoms with Crippen LogP contribution in [0.2, 0.25) is 0 Å². The number of nitrogens with two attached hydrogens (primary N) is 1. The van der Waals surface area contributed by atoms with Crippen molar-refractivity contribution >= 4 is 21.7 Å². The fourth-order valence-corrected chi connectivity index (χ4v) is 1.59. The van der Waals surface area contributed by atoms with Gasteiger partial charge in [0, 0.05) is 11.6 Å². The van der Waals surface area contributed by atoms with E-state index in [9.17, 15) is 5.11 Å². The summed E-state index contributed by atoms with van der Waals surface area (Å²) >= 11 is 3.25. The zero-order valence-corrected chi connectivity index (χ0v) is 8.65. The van der Waals surface area contributed by atoms with Crippen LogP contribution < -0.4 is 5.73 Å². The largest absolute Gasteiger partial charge is 0.507 e. The van der Waals surface area contributed by atoms with Gasteiger partial charge in [0.25, 0.3) is 0 Å². The number of aromatic nitrogens is 1. The van der Waals surface area contributed by atoms with Crippen LogP contribution >= 0.6 is 15.9 Å². The van der Waals surface area contributed by atoms with Crippen molar-refractivity contribution in [1.82, 2.24) is 5.16 Å². The Labute approximate surface area is 88.5 Å². The maximum atomic E-state index is 9.43. The van der Waals surface area contributed by atoms with Crippen LogP contribution in [0.5, 0.6) is 5.75 Å². The Hall–Kier alpha value is -1.49. The lowest BCUT2D eigenvalue weighted by molar-refractivity contribution is 0.434. The first-order valence-electron chi connectivity index (χ1n) is 3.88. The molecule has 0 aliphatic heterocycles. The van der Waals surface area contributed by atoms with Gasteiger partial charge in [0.15, 0.2) is 11.6 Å². The van der Waals surface area contributed by atoms with Gasteiger partial charge in [-0.15, -0.1) is 0 Å². The Morgan fingerprint density at radius 1 is 1.43 bits per heavy atom. The molecule has 0 atom stereocenters. The SMILES string of the molecule is Nc1cc(-c2cccc(O)c2Br)on1. The number of aromatic hydroxyl groups is 1. The molecule has 2 aromatic rings. The second-order valence-electron chi connectivity index (χ2n) is 2.75. The molecule has 0 unspecified atom stereocenters. The summed E-state index contributed by atoms with van der Waals surface area (Å²) in [5.74, 6) is 0.984. The van der Waals surface area contributed by atoms with E-state index in [1.807, 2.05) is 0 Å². The fraction of sp³-hybridized carbons (Fsp3) is 0. The normalized spacial score (nSPS) is 10.4. The molecule has 0 saturated carbocycles. The summed E-state index contributed by atoms with van der Waals surface area (Å²) < 4.78 is 5.54. The summed E-state index contributed by atoms with van der Waals surface area (Å²) in [6, 6.07) is 6.69. The minimum atomic E-state index is 0.150. The molecule has 2 rings (SSSR count). The van der Waals surface area contributed by atoms with E-state index in [4.69, 9.17) is 10.3 Å². The molecule has 14 heavy (non-hydrogen) atoms. The number of nitrogen functional groups attached to an aromatic ring is 1. The Balaban J connectivity index is 2.57. The predicted molar refractivity (Wildman–Crippen MR) is 55.7 cm³/mol. The molecule has 5 heteroatoms. The summed E-state index contributed by atoms with van der Waals surface area (Å²) in [5.41, 5.74) is 6.14. The van der Waals surface area contributed by atoms with Gasteiger partial charge < -0.3 is 15.4 Å². The molecule has 4 nitrogen and oxygen atoms in total. The summed E-state index contributed by atoms with van der Waals surface area (Å²) in [5, 5.41) is 13.0. The summed E-state index contributed by atoms with van der Waals surface area (Å²) in [6.07, 6.45) is 0. The van der Waals surface area contributed by atoms with Crippen molar-refractivity contribution in [2.75, 3.05) is 5.73 Å². The minimum Gasteiger partial charge on any atom is -0.507 e. The van der Waals surface area contributed by atoms with E-state index in [2.05, 4.69) is 21.1 Å². The number of phenols is 1. The smallest absolute Gasteiger partial charge is 0.170 e. The van der Waals surface area contributed by atoms with Crippen molar-refractivity contribution in [3.63, 3.8) is 0 Å². The molecule has 0 spiro atoms. The van der Waals surface area contributed by atoms with Gasteiger partial charge in [-0.05, 0) is 28.1 Å². The van der Waals surface area contributed by atoms with Gasteiger partial charge in [0.2, 0.25) is 0 Å². The van der Waals surface area contributed by atoms with Crippen molar-refractivity contribution in [2.45, 2.75) is 0 Å². The van der Waals surface area contributed by atoms with Crippen molar-refractivity contribution in [2.24, 2.45) is 0 Å². The molecule has 72 valence electrons. The second kappa shape index (κ2) is 3.34. The summed E-state index contributed by atoms with van der Waals surface area (Å²) in [7, 11) is 0. The Morgan fingerprint density at radius 2 is 2.21 bits per heavy atom. The van der Waals surface area contributed by atoms with Gasteiger partial charge in [-0.2, -0.15) is 0 Å². The standard InChI is InChI=1S/C9H7BrN2O2/c10-9-5(2-1-3-6(9)13)7-4-8(11)12-14-7/h1-4,13H,(H2,11,12). The van der Waals surface area contributed by atoms with E-state index in [1.165, 1.54) is 0 Å². The average Bonchev–Trinajstić information content (AvgIpc) is 2.57. The lowest BCUT2D eigenvalue weighted by atomic mass is 10.1. The highest BCUT2D eigenvalue weighted by molar-refractivity contribution is 9.10. The molecular formula is C9H7BrN2O2. The number of nitrogens with zero attached hydrogens (tertiary/aromatic N) is 1. The van der Waals surface area contributed by atoms with Crippen LogP contribution in [-0.4, -0.2) is 10.3 Å². The van der Waals surface area contributed by atoms with Crippen LogP contribution in [0.4, 0.5) is 5.82 Å². The Morgan fingerprint density at radius 3 is 2.86 bits per heavy atom. The number of rotatable bonds is 1. The molecule has 0 radical (unpaired) electrons. The molecule has 0 saturated heterocycles. The van der Waals surface area contributed by atoms with Crippen LogP contribution in [0, 0.1) is 0 Å². The third kappa shape index (κ3) is 1.46. The number of anilines is 1. The van der Waals surface area contributed by atoms with Gasteiger partial charge >= 0.3 is 0 Å². The van der Waals surface area contributed by atoms with Crippen LogP contribution in [0.25, 0.3) is 11.3 Å². The maximum Gasteiger partial charge on any atom is 0.170 e. The highest BCUT2D eigenvalue weighted by Crippen LogP contribution is 2.35. The van der Waals surface area contributed by atoms with Crippen molar-refractivity contribution < 1.29 is 9.63 Å². The predicted octanol–water partition coefficient (Wildman–Crippen LogP) is 2.39. The number of benzene rings is 1. The van der Waals surface area contributed by atoms with Crippen LogP contribution in [0.3, 0.4) is 0 Å².